The van der Waals surface area contributed by atoms with E-state index in [2.05, 4.69) is 26.6 Å². The zero-order valence-electron chi connectivity index (χ0n) is 24.4. The zero-order valence-corrected chi connectivity index (χ0v) is 26.1. The number of hydrogen-bond donors (Lipinski definition) is 2. The van der Waals surface area contributed by atoms with E-state index in [9.17, 15) is 13.2 Å². The summed E-state index contributed by atoms with van der Waals surface area (Å²) in [5, 5.41) is 0.875. The molecule has 2 aliphatic heterocycles. The van der Waals surface area contributed by atoms with Crippen molar-refractivity contribution in [2.75, 3.05) is 63.6 Å². The highest BCUT2D eigenvalue weighted by Crippen LogP contribution is 2.39. The van der Waals surface area contributed by atoms with Gasteiger partial charge in [-0.1, -0.05) is 0 Å². The number of thiophene rings is 1. The molecule has 0 atom stereocenters. The number of anilines is 1. The van der Waals surface area contributed by atoms with Crippen LogP contribution in [-0.4, -0.2) is 103 Å². The van der Waals surface area contributed by atoms with E-state index in [0.717, 1.165) is 78.3 Å². The molecule has 0 spiro atoms. The number of fused-ring (bicyclic) bond motifs is 2. The first-order valence-corrected chi connectivity index (χ1v) is 16.9. The van der Waals surface area contributed by atoms with Crippen LogP contribution in [0, 0.1) is 6.92 Å². The van der Waals surface area contributed by atoms with Gasteiger partial charge in [0.1, 0.15) is 0 Å². The molecule has 6 rings (SSSR count). The lowest BCUT2D eigenvalue weighted by atomic mass is 10.0. The first-order valence-electron chi connectivity index (χ1n) is 14.1. The maximum atomic E-state index is 12.6. The second-order valence-corrected chi connectivity index (χ2v) is 14.8. The number of morpholine rings is 1. The number of rotatable bonds is 7. The van der Waals surface area contributed by atoms with Crippen LogP contribution in [0.3, 0.4) is 0 Å². The number of sulfone groups is 1. The number of primary amides is 1. The van der Waals surface area contributed by atoms with Crippen LogP contribution >= 0.6 is 11.3 Å². The summed E-state index contributed by atoms with van der Waals surface area (Å²) >= 11 is 1.73. The minimum Gasteiger partial charge on any atom is -0.378 e. The third-order valence-electron chi connectivity index (χ3n) is 8.60. The minimum absolute atomic E-state index is 0.227. The van der Waals surface area contributed by atoms with Gasteiger partial charge in [0.25, 0.3) is 0 Å². The maximum Gasteiger partial charge on any atom is 0.237 e. The lowest BCUT2D eigenvalue weighted by Gasteiger charge is -2.42. The van der Waals surface area contributed by atoms with Crippen molar-refractivity contribution in [2.45, 2.75) is 37.8 Å². The third-order valence-corrected chi connectivity index (χ3v) is 11.0. The highest BCUT2D eigenvalue weighted by atomic mass is 32.2. The van der Waals surface area contributed by atoms with E-state index in [-0.39, 0.29) is 10.8 Å². The maximum absolute atomic E-state index is 12.6. The molecule has 3 aromatic heterocycles. The van der Waals surface area contributed by atoms with Gasteiger partial charge in [-0.25, -0.2) is 18.4 Å². The number of hydrogen-bond acceptors (Lipinski definition) is 10. The summed E-state index contributed by atoms with van der Waals surface area (Å²) in [6, 6.07) is 5.28. The molecule has 13 heteroatoms. The van der Waals surface area contributed by atoms with E-state index in [1.807, 2.05) is 19.9 Å². The summed E-state index contributed by atoms with van der Waals surface area (Å²) in [6.45, 7) is 12.6. The number of aromatic nitrogens is 3. The second kappa shape index (κ2) is 10.9. The quantitative estimate of drug-likeness (QED) is 0.323. The van der Waals surface area contributed by atoms with E-state index in [1.165, 1.54) is 11.1 Å². The summed E-state index contributed by atoms with van der Waals surface area (Å²) in [4.78, 5) is 33.6. The van der Waals surface area contributed by atoms with Gasteiger partial charge in [-0.15, -0.1) is 11.3 Å². The van der Waals surface area contributed by atoms with Crippen LogP contribution in [0.4, 0.5) is 5.82 Å². The standard InChI is InChI=1S/C29H37N7O4S2/c1-18-23(17-34-7-9-36(10-8-34)29(2,3)28(30)37)41-25-24(18)32-26(33-27(25)35-11-13-40-14-12-35)21-15-19(42(4,38)39)16-22-20(21)5-6-31-22/h5-6,15-16,31H,7-14,17H2,1-4H3,(H2,30,37). The summed E-state index contributed by atoms with van der Waals surface area (Å²) in [5.41, 5.74) is 8.40. The van der Waals surface area contributed by atoms with Crippen molar-refractivity contribution in [2.24, 2.45) is 5.73 Å². The van der Waals surface area contributed by atoms with Gasteiger partial charge in [0.2, 0.25) is 5.91 Å². The number of aromatic amines is 1. The van der Waals surface area contributed by atoms with Gasteiger partial charge >= 0.3 is 0 Å². The summed E-state index contributed by atoms with van der Waals surface area (Å²) in [6.07, 6.45) is 3.02. The number of carbonyl (C=O) groups is 1. The predicted molar refractivity (Wildman–Crippen MR) is 166 cm³/mol. The van der Waals surface area contributed by atoms with Gasteiger partial charge in [-0.3, -0.25) is 14.6 Å². The molecule has 0 bridgehead atoms. The molecular weight excluding hydrogens is 574 g/mol. The first kappa shape index (κ1) is 29.0. The van der Waals surface area contributed by atoms with Crippen molar-refractivity contribution in [1.82, 2.24) is 24.8 Å². The van der Waals surface area contributed by atoms with Crippen molar-refractivity contribution in [1.29, 1.82) is 0 Å². The van der Waals surface area contributed by atoms with Crippen LogP contribution in [-0.2, 0) is 25.9 Å². The van der Waals surface area contributed by atoms with Crippen LogP contribution in [0.1, 0.15) is 24.3 Å². The Morgan fingerprint density at radius 1 is 1.12 bits per heavy atom. The van der Waals surface area contributed by atoms with Gasteiger partial charge in [-0.05, 0) is 44.5 Å². The average molecular weight is 612 g/mol. The molecular formula is C29H37N7O4S2. The van der Waals surface area contributed by atoms with Gasteiger partial charge < -0.3 is 20.4 Å². The van der Waals surface area contributed by atoms with Crippen LogP contribution in [0.5, 0.6) is 0 Å². The number of carbonyl (C=O) groups excluding carboxylic acids is 1. The largest absolute Gasteiger partial charge is 0.378 e. The van der Waals surface area contributed by atoms with Gasteiger partial charge in [0, 0.05) is 79.6 Å². The Labute approximate surface area is 249 Å². The smallest absolute Gasteiger partial charge is 0.237 e. The van der Waals surface area contributed by atoms with Gasteiger partial charge in [0.05, 0.1) is 33.9 Å². The fourth-order valence-corrected chi connectivity index (χ4v) is 7.71. The number of nitrogens with zero attached hydrogens (tertiary/aromatic N) is 5. The topological polar surface area (TPSA) is 138 Å². The number of aryl methyl sites for hydroxylation is 1. The molecule has 0 saturated carbocycles. The SMILES string of the molecule is Cc1c(CN2CCN(C(C)(C)C(N)=O)CC2)sc2c(N3CCOCC3)nc(-c3cc(S(C)(=O)=O)cc4[nH]ccc34)nc12. The molecule has 2 aliphatic rings. The number of piperazine rings is 1. The van der Waals surface area contributed by atoms with E-state index in [4.69, 9.17) is 20.4 Å². The average Bonchev–Trinajstić information content (AvgIpc) is 3.57. The third kappa shape index (κ3) is 5.28. The zero-order chi connectivity index (χ0) is 29.8. The lowest BCUT2D eigenvalue weighted by molar-refractivity contribution is -0.129. The normalized spacial score (nSPS) is 17.9. The molecule has 0 unspecified atom stereocenters. The van der Waals surface area contributed by atoms with Crippen molar-refractivity contribution in [3.8, 4) is 11.4 Å². The molecule has 2 saturated heterocycles. The number of benzene rings is 1. The minimum atomic E-state index is -3.45. The summed E-state index contributed by atoms with van der Waals surface area (Å²) < 4.78 is 31.8. The Hall–Kier alpha value is -3.10. The van der Waals surface area contributed by atoms with Crippen LogP contribution in [0.15, 0.2) is 29.3 Å². The number of amides is 1. The predicted octanol–water partition coefficient (Wildman–Crippen LogP) is 2.77. The van der Waals surface area contributed by atoms with E-state index < -0.39 is 15.4 Å². The number of nitrogens with one attached hydrogen (secondary N) is 1. The molecule has 0 radical (unpaired) electrons. The number of ether oxygens (including phenoxy) is 1. The fourth-order valence-electron chi connectivity index (χ4n) is 5.74. The fraction of sp³-hybridized carbons (Fsp3) is 0.483. The molecule has 4 aromatic rings. The first-order chi connectivity index (χ1) is 19.9. The Balaban J connectivity index is 1.41. The van der Waals surface area contributed by atoms with Crippen molar-refractivity contribution in [3.05, 3.63) is 34.8 Å². The Morgan fingerprint density at radius 2 is 1.83 bits per heavy atom. The molecule has 5 heterocycles. The highest BCUT2D eigenvalue weighted by molar-refractivity contribution is 7.90. The molecule has 0 aliphatic carbocycles. The van der Waals surface area contributed by atoms with Gasteiger partial charge in [-0.2, -0.15) is 0 Å². The lowest BCUT2D eigenvalue weighted by Crippen LogP contribution is -2.59. The van der Waals surface area contributed by atoms with Crippen molar-refractivity contribution >= 4 is 54.0 Å². The van der Waals surface area contributed by atoms with E-state index in [1.54, 1.807) is 29.7 Å². The van der Waals surface area contributed by atoms with Crippen LogP contribution in [0.2, 0.25) is 0 Å². The molecule has 224 valence electrons. The molecule has 3 N–H and O–H groups in total. The highest BCUT2D eigenvalue weighted by Gasteiger charge is 2.35. The molecule has 11 nitrogen and oxygen atoms in total. The summed E-state index contributed by atoms with van der Waals surface area (Å²) in [5.74, 6) is 1.06. The molecule has 1 aromatic carbocycles. The molecule has 42 heavy (non-hydrogen) atoms. The Kier molecular flexibility index (Phi) is 7.50. The monoisotopic (exact) mass is 611 g/mol. The van der Waals surface area contributed by atoms with Crippen LogP contribution < -0.4 is 10.6 Å². The second-order valence-electron chi connectivity index (χ2n) is 11.7. The van der Waals surface area contributed by atoms with Crippen LogP contribution in [0.25, 0.3) is 32.5 Å². The Bertz CT molecular complexity index is 1770. The van der Waals surface area contributed by atoms with Crippen molar-refractivity contribution < 1.29 is 17.9 Å². The van der Waals surface area contributed by atoms with Crippen molar-refractivity contribution in [3.63, 3.8) is 0 Å². The van der Waals surface area contributed by atoms with E-state index >= 15 is 0 Å². The van der Waals surface area contributed by atoms with E-state index in [0.29, 0.717) is 24.6 Å². The molecule has 1 amide bonds. The van der Waals surface area contributed by atoms with Gasteiger partial charge in [0.15, 0.2) is 21.5 Å². The number of nitrogens with two attached hydrogens (primary N) is 1. The summed E-state index contributed by atoms with van der Waals surface area (Å²) in [7, 11) is -3.45. The molecule has 2 fully saturated rings. The number of H-pyrrole nitrogens is 1. The Morgan fingerprint density at radius 3 is 2.50 bits per heavy atom.